The maximum atomic E-state index is 11.8. The largest absolute Gasteiger partial charge is 0.489 e. The van der Waals surface area contributed by atoms with Gasteiger partial charge in [0.25, 0.3) is 0 Å². The van der Waals surface area contributed by atoms with Crippen molar-refractivity contribution >= 4 is 29.2 Å². The van der Waals surface area contributed by atoms with Gasteiger partial charge in [0.05, 0.1) is 18.4 Å². The Balaban J connectivity index is 2.21. The Hall–Kier alpha value is -2.53. The Morgan fingerprint density at radius 3 is 2.57 bits per heavy atom. The van der Waals surface area contributed by atoms with Crippen molar-refractivity contribution in [3.63, 3.8) is 0 Å². The third-order valence-corrected chi connectivity index (χ3v) is 3.43. The number of carbonyl (C=O) groups is 2. The van der Waals surface area contributed by atoms with Crippen LogP contribution in [0, 0.1) is 0 Å². The topological polar surface area (TPSA) is 64.6 Å². The summed E-state index contributed by atoms with van der Waals surface area (Å²) in [5.74, 6) is -0.365. The van der Waals surface area contributed by atoms with Crippen LogP contribution in [0.4, 0.5) is 5.69 Å². The maximum Gasteiger partial charge on any atom is 0.340 e. The van der Waals surface area contributed by atoms with E-state index < -0.39 is 5.97 Å². The van der Waals surface area contributed by atoms with Crippen molar-refractivity contribution in [1.82, 2.24) is 0 Å². The van der Waals surface area contributed by atoms with Crippen molar-refractivity contribution in [2.75, 3.05) is 12.4 Å². The van der Waals surface area contributed by atoms with Crippen molar-refractivity contribution in [2.24, 2.45) is 0 Å². The smallest absolute Gasteiger partial charge is 0.340 e. The highest BCUT2D eigenvalue weighted by molar-refractivity contribution is 6.31. The number of ether oxygens (including phenoxy) is 2. The van der Waals surface area contributed by atoms with Gasteiger partial charge in [-0.25, -0.2) is 4.79 Å². The molecule has 0 saturated carbocycles. The molecule has 0 aromatic heterocycles. The molecule has 120 valence electrons. The summed E-state index contributed by atoms with van der Waals surface area (Å²) >= 11 is 6.08. The highest BCUT2D eigenvalue weighted by Gasteiger charge is 2.14. The summed E-state index contributed by atoms with van der Waals surface area (Å²) in [6, 6.07) is 12.1. The van der Waals surface area contributed by atoms with Gasteiger partial charge in [-0.2, -0.15) is 0 Å². The van der Waals surface area contributed by atoms with E-state index in [-0.39, 0.29) is 18.1 Å². The molecular formula is C17H16ClNO4. The van der Waals surface area contributed by atoms with E-state index in [0.717, 1.165) is 5.56 Å². The zero-order valence-electron chi connectivity index (χ0n) is 12.8. The molecule has 0 aliphatic heterocycles. The van der Waals surface area contributed by atoms with E-state index in [1.54, 1.807) is 18.2 Å². The summed E-state index contributed by atoms with van der Waals surface area (Å²) in [5, 5.41) is 3.19. The average Bonchev–Trinajstić information content (AvgIpc) is 2.54. The number of nitrogens with one attached hydrogen (secondary N) is 1. The Labute approximate surface area is 139 Å². The number of anilines is 1. The molecular weight excluding hydrogens is 318 g/mol. The molecule has 0 unspecified atom stereocenters. The van der Waals surface area contributed by atoms with Gasteiger partial charge < -0.3 is 14.8 Å². The Kier molecular flexibility index (Phi) is 5.60. The summed E-state index contributed by atoms with van der Waals surface area (Å²) in [5.41, 5.74) is 1.42. The standard InChI is InChI=1S/C17H16ClNO4/c1-11(20)19-16-8-7-13(9-14(16)17(21)22-2)23-10-12-5-3-4-6-15(12)18/h3-9H,10H2,1-2H3,(H,19,20). The van der Waals surface area contributed by atoms with E-state index in [9.17, 15) is 9.59 Å². The SMILES string of the molecule is COC(=O)c1cc(OCc2ccccc2Cl)ccc1NC(C)=O. The van der Waals surface area contributed by atoms with Crippen LogP contribution < -0.4 is 10.1 Å². The fourth-order valence-corrected chi connectivity index (χ4v) is 2.16. The number of hydrogen-bond donors (Lipinski definition) is 1. The van der Waals surface area contributed by atoms with E-state index in [2.05, 4.69) is 5.32 Å². The molecule has 1 amide bonds. The van der Waals surface area contributed by atoms with Crippen molar-refractivity contribution in [2.45, 2.75) is 13.5 Å². The lowest BCUT2D eigenvalue weighted by Gasteiger charge is -2.12. The van der Waals surface area contributed by atoms with Gasteiger partial charge in [-0.1, -0.05) is 29.8 Å². The first-order valence-electron chi connectivity index (χ1n) is 6.87. The molecule has 0 radical (unpaired) electrons. The van der Waals surface area contributed by atoms with Crippen LogP contribution in [0.1, 0.15) is 22.8 Å². The minimum Gasteiger partial charge on any atom is -0.489 e. The van der Waals surface area contributed by atoms with Crippen molar-refractivity contribution in [1.29, 1.82) is 0 Å². The van der Waals surface area contributed by atoms with E-state index in [1.807, 2.05) is 18.2 Å². The number of benzene rings is 2. The number of amides is 1. The lowest BCUT2D eigenvalue weighted by Crippen LogP contribution is -2.12. The third kappa shape index (κ3) is 4.47. The third-order valence-electron chi connectivity index (χ3n) is 3.06. The first kappa shape index (κ1) is 16.8. The van der Waals surface area contributed by atoms with Gasteiger partial charge >= 0.3 is 5.97 Å². The lowest BCUT2D eigenvalue weighted by atomic mass is 10.1. The highest BCUT2D eigenvalue weighted by atomic mass is 35.5. The molecule has 2 rings (SSSR count). The summed E-state index contributed by atoms with van der Waals surface area (Å²) in [4.78, 5) is 23.0. The molecule has 0 saturated heterocycles. The van der Waals surface area contributed by atoms with Crippen LogP contribution in [0.3, 0.4) is 0 Å². The normalized spacial score (nSPS) is 10.0. The number of rotatable bonds is 5. The van der Waals surface area contributed by atoms with Crippen LogP contribution >= 0.6 is 11.6 Å². The summed E-state index contributed by atoms with van der Waals surface area (Å²) in [6.45, 7) is 1.63. The second kappa shape index (κ2) is 7.65. The number of hydrogen-bond acceptors (Lipinski definition) is 4. The lowest BCUT2D eigenvalue weighted by molar-refractivity contribution is -0.114. The molecule has 5 nitrogen and oxygen atoms in total. The fraction of sp³-hybridized carbons (Fsp3) is 0.176. The van der Waals surface area contributed by atoms with Crippen LogP contribution in [0.25, 0.3) is 0 Å². The molecule has 0 spiro atoms. The predicted octanol–water partition coefficient (Wildman–Crippen LogP) is 3.66. The van der Waals surface area contributed by atoms with Gasteiger partial charge in [-0.05, 0) is 24.3 Å². The van der Waals surface area contributed by atoms with Crippen molar-refractivity contribution < 1.29 is 19.1 Å². The maximum absolute atomic E-state index is 11.8. The molecule has 6 heteroatoms. The van der Waals surface area contributed by atoms with Gasteiger partial charge in [0.2, 0.25) is 5.91 Å². The van der Waals surface area contributed by atoms with Crippen molar-refractivity contribution in [3.05, 3.63) is 58.6 Å². The first-order chi connectivity index (χ1) is 11.0. The second-order valence-electron chi connectivity index (χ2n) is 4.76. The quantitative estimate of drug-likeness (QED) is 0.848. The molecule has 0 bridgehead atoms. The molecule has 0 aliphatic carbocycles. The van der Waals surface area contributed by atoms with Crippen LogP contribution in [0.2, 0.25) is 5.02 Å². The van der Waals surface area contributed by atoms with E-state index in [1.165, 1.54) is 20.1 Å². The molecule has 1 N–H and O–H groups in total. The Morgan fingerprint density at radius 2 is 1.91 bits per heavy atom. The number of esters is 1. The van der Waals surface area contributed by atoms with Gasteiger partial charge in [-0.15, -0.1) is 0 Å². The zero-order chi connectivity index (χ0) is 16.8. The minimum absolute atomic E-state index is 0.222. The first-order valence-corrected chi connectivity index (χ1v) is 7.25. The van der Waals surface area contributed by atoms with E-state index in [4.69, 9.17) is 21.1 Å². The summed E-state index contributed by atoms with van der Waals surface area (Å²) in [6.07, 6.45) is 0. The molecule has 0 heterocycles. The number of methoxy groups -OCH3 is 1. The van der Waals surface area contributed by atoms with Crippen molar-refractivity contribution in [3.8, 4) is 5.75 Å². The summed E-state index contributed by atoms with van der Waals surface area (Å²) in [7, 11) is 1.27. The van der Waals surface area contributed by atoms with Crippen LogP contribution in [0.15, 0.2) is 42.5 Å². The van der Waals surface area contributed by atoms with Gasteiger partial charge in [0, 0.05) is 17.5 Å². The van der Waals surface area contributed by atoms with Gasteiger partial charge in [0.15, 0.2) is 0 Å². The van der Waals surface area contributed by atoms with Crippen LogP contribution in [-0.2, 0) is 16.1 Å². The van der Waals surface area contributed by atoms with E-state index in [0.29, 0.717) is 16.5 Å². The second-order valence-corrected chi connectivity index (χ2v) is 5.17. The molecule has 2 aromatic carbocycles. The fourth-order valence-electron chi connectivity index (χ4n) is 1.97. The number of carbonyl (C=O) groups excluding carboxylic acids is 2. The molecule has 0 aliphatic rings. The Morgan fingerprint density at radius 1 is 1.17 bits per heavy atom. The minimum atomic E-state index is -0.558. The monoisotopic (exact) mass is 333 g/mol. The van der Waals surface area contributed by atoms with Gasteiger partial charge in [-0.3, -0.25) is 4.79 Å². The van der Waals surface area contributed by atoms with E-state index >= 15 is 0 Å². The molecule has 0 atom stereocenters. The zero-order valence-corrected chi connectivity index (χ0v) is 13.5. The molecule has 2 aromatic rings. The summed E-state index contributed by atoms with van der Waals surface area (Å²) < 4.78 is 10.4. The van der Waals surface area contributed by atoms with Crippen LogP contribution in [0.5, 0.6) is 5.75 Å². The number of halogens is 1. The average molecular weight is 334 g/mol. The predicted molar refractivity (Wildman–Crippen MR) is 87.9 cm³/mol. The Bertz CT molecular complexity index is 730. The van der Waals surface area contributed by atoms with Crippen LogP contribution in [-0.4, -0.2) is 19.0 Å². The highest BCUT2D eigenvalue weighted by Crippen LogP contribution is 2.25. The van der Waals surface area contributed by atoms with Gasteiger partial charge in [0.1, 0.15) is 12.4 Å². The molecule has 23 heavy (non-hydrogen) atoms. The molecule has 0 fully saturated rings.